The van der Waals surface area contributed by atoms with Gasteiger partial charge in [0.1, 0.15) is 11.6 Å². The van der Waals surface area contributed by atoms with Crippen molar-refractivity contribution in [1.29, 1.82) is 0 Å². The minimum absolute atomic E-state index is 0.465. The van der Waals surface area contributed by atoms with E-state index in [4.69, 9.17) is 4.74 Å². The topological polar surface area (TPSA) is 47.0 Å². The van der Waals surface area contributed by atoms with Crippen LogP contribution in [0.1, 0.15) is 23.6 Å². The molecule has 0 aliphatic carbocycles. The van der Waals surface area contributed by atoms with E-state index in [1.54, 1.807) is 12.4 Å². The summed E-state index contributed by atoms with van der Waals surface area (Å²) in [4.78, 5) is 8.55. The van der Waals surface area contributed by atoms with E-state index in [1.807, 2.05) is 19.1 Å². The Morgan fingerprint density at radius 2 is 2.21 bits per heavy atom. The van der Waals surface area contributed by atoms with E-state index in [1.165, 1.54) is 5.56 Å². The van der Waals surface area contributed by atoms with Crippen molar-refractivity contribution >= 4 is 5.82 Å². The van der Waals surface area contributed by atoms with E-state index in [-0.39, 0.29) is 0 Å². The van der Waals surface area contributed by atoms with Crippen molar-refractivity contribution in [3.63, 3.8) is 0 Å². The van der Waals surface area contributed by atoms with Crippen molar-refractivity contribution < 1.29 is 4.74 Å². The van der Waals surface area contributed by atoms with Gasteiger partial charge in [0.25, 0.3) is 0 Å². The molecule has 2 heterocycles. The quantitative estimate of drug-likeness (QED) is 0.916. The molecule has 1 aliphatic heterocycles. The van der Waals surface area contributed by atoms with E-state index in [0.29, 0.717) is 5.92 Å². The zero-order chi connectivity index (χ0) is 13.1. The van der Waals surface area contributed by atoms with Gasteiger partial charge in [-0.2, -0.15) is 0 Å². The molecule has 0 saturated heterocycles. The van der Waals surface area contributed by atoms with Gasteiger partial charge in [-0.05, 0) is 25.0 Å². The van der Waals surface area contributed by atoms with Crippen molar-refractivity contribution in [3.8, 4) is 5.75 Å². The summed E-state index contributed by atoms with van der Waals surface area (Å²) in [6.45, 7) is 3.59. The molecule has 4 nitrogen and oxygen atoms in total. The summed E-state index contributed by atoms with van der Waals surface area (Å²) in [5.74, 6) is 2.31. The maximum Gasteiger partial charge on any atom is 0.144 e. The fraction of sp³-hybridized carbons (Fsp3) is 0.333. The number of aromatic nitrogens is 2. The monoisotopic (exact) mass is 255 g/mol. The van der Waals surface area contributed by atoms with Gasteiger partial charge < -0.3 is 10.1 Å². The number of rotatable bonds is 3. The number of hydrogen-bond acceptors (Lipinski definition) is 4. The minimum atomic E-state index is 0.465. The lowest BCUT2D eigenvalue weighted by atomic mass is 9.93. The fourth-order valence-corrected chi connectivity index (χ4v) is 2.40. The van der Waals surface area contributed by atoms with Crippen LogP contribution in [0, 0.1) is 6.92 Å². The first-order chi connectivity index (χ1) is 9.33. The molecule has 0 spiro atoms. The summed E-state index contributed by atoms with van der Waals surface area (Å²) in [5, 5.41) is 3.37. The van der Waals surface area contributed by atoms with Gasteiger partial charge in [0, 0.05) is 18.7 Å². The van der Waals surface area contributed by atoms with Gasteiger partial charge in [-0.1, -0.05) is 18.2 Å². The van der Waals surface area contributed by atoms with Gasteiger partial charge in [-0.3, -0.25) is 4.98 Å². The molecule has 1 aromatic heterocycles. The second kappa shape index (κ2) is 5.26. The van der Waals surface area contributed by atoms with Crippen LogP contribution < -0.4 is 10.1 Å². The highest BCUT2D eigenvalue weighted by Gasteiger charge is 2.20. The van der Waals surface area contributed by atoms with Crippen LogP contribution >= 0.6 is 0 Å². The molecule has 1 unspecified atom stereocenters. The van der Waals surface area contributed by atoms with Gasteiger partial charge >= 0.3 is 0 Å². The molecule has 0 radical (unpaired) electrons. The molecule has 4 heteroatoms. The van der Waals surface area contributed by atoms with Crippen LogP contribution in [0.4, 0.5) is 5.82 Å². The molecule has 2 aromatic rings. The third kappa shape index (κ3) is 2.67. The third-order valence-corrected chi connectivity index (χ3v) is 3.37. The van der Waals surface area contributed by atoms with E-state index in [2.05, 4.69) is 27.4 Å². The Balaban J connectivity index is 1.71. The first-order valence-electron chi connectivity index (χ1n) is 6.57. The lowest BCUT2D eigenvalue weighted by molar-refractivity contribution is 0.270. The molecule has 0 amide bonds. The van der Waals surface area contributed by atoms with Crippen LogP contribution in [-0.2, 0) is 0 Å². The molecule has 1 N–H and O–H groups in total. The Bertz CT molecular complexity index is 571. The second-order valence-electron chi connectivity index (χ2n) is 4.80. The SMILES string of the molecule is Cc1cncc(NCC2CCOc3ccccc32)n1. The Labute approximate surface area is 112 Å². The first kappa shape index (κ1) is 12.0. The summed E-state index contributed by atoms with van der Waals surface area (Å²) in [6, 6.07) is 8.25. The van der Waals surface area contributed by atoms with Crippen molar-refractivity contribution in [2.24, 2.45) is 0 Å². The summed E-state index contributed by atoms with van der Waals surface area (Å²) in [5.41, 5.74) is 2.21. The fourth-order valence-electron chi connectivity index (χ4n) is 2.40. The summed E-state index contributed by atoms with van der Waals surface area (Å²) < 4.78 is 5.67. The van der Waals surface area contributed by atoms with Crippen LogP contribution in [0.15, 0.2) is 36.7 Å². The predicted molar refractivity (Wildman–Crippen MR) is 74.6 cm³/mol. The number of anilines is 1. The average Bonchev–Trinajstić information content (AvgIpc) is 2.45. The number of para-hydroxylation sites is 1. The summed E-state index contributed by atoms with van der Waals surface area (Å²) in [6.07, 6.45) is 4.55. The maximum absolute atomic E-state index is 5.67. The number of benzene rings is 1. The Hall–Kier alpha value is -2.10. The van der Waals surface area contributed by atoms with Gasteiger partial charge in [-0.25, -0.2) is 4.98 Å². The summed E-state index contributed by atoms with van der Waals surface area (Å²) >= 11 is 0. The normalized spacial score (nSPS) is 17.4. The molecule has 19 heavy (non-hydrogen) atoms. The van der Waals surface area contributed by atoms with Crippen LogP contribution in [-0.4, -0.2) is 23.1 Å². The standard InChI is InChI=1S/C15H17N3O/c1-11-8-16-10-15(18-11)17-9-12-6-7-19-14-5-3-2-4-13(12)14/h2-5,8,10,12H,6-7,9H2,1H3,(H,17,18). The molecule has 3 rings (SSSR count). The maximum atomic E-state index is 5.67. The Kier molecular flexibility index (Phi) is 3.31. The Morgan fingerprint density at radius 3 is 3.11 bits per heavy atom. The van der Waals surface area contributed by atoms with Crippen molar-refractivity contribution in [2.45, 2.75) is 19.3 Å². The molecule has 0 saturated carbocycles. The largest absolute Gasteiger partial charge is 0.493 e. The number of hydrogen-bond donors (Lipinski definition) is 1. The predicted octanol–water partition coefficient (Wildman–Crippen LogP) is 2.76. The van der Waals surface area contributed by atoms with E-state index in [9.17, 15) is 0 Å². The zero-order valence-corrected chi connectivity index (χ0v) is 11.0. The lowest BCUT2D eigenvalue weighted by Crippen LogP contribution is -2.21. The number of nitrogens with zero attached hydrogens (tertiary/aromatic N) is 2. The first-order valence-corrected chi connectivity index (χ1v) is 6.57. The van der Waals surface area contributed by atoms with Gasteiger partial charge in [0.2, 0.25) is 0 Å². The molecular formula is C15H17N3O. The Morgan fingerprint density at radius 1 is 1.32 bits per heavy atom. The van der Waals surface area contributed by atoms with E-state index >= 15 is 0 Å². The number of fused-ring (bicyclic) bond motifs is 1. The average molecular weight is 255 g/mol. The van der Waals surface area contributed by atoms with Crippen LogP contribution in [0.25, 0.3) is 0 Å². The van der Waals surface area contributed by atoms with Crippen LogP contribution in [0.3, 0.4) is 0 Å². The van der Waals surface area contributed by atoms with Crippen LogP contribution in [0.2, 0.25) is 0 Å². The van der Waals surface area contributed by atoms with E-state index < -0.39 is 0 Å². The van der Waals surface area contributed by atoms with E-state index in [0.717, 1.165) is 36.8 Å². The van der Waals surface area contributed by atoms with Gasteiger partial charge in [0.15, 0.2) is 0 Å². The number of aryl methyl sites for hydroxylation is 1. The lowest BCUT2D eigenvalue weighted by Gasteiger charge is -2.26. The smallest absolute Gasteiger partial charge is 0.144 e. The third-order valence-electron chi connectivity index (χ3n) is 3.37. The van der Waals surface area contributed by atoms with Gasteiger partial charge in [-0.15, -0.1) is 0 Å². The molecule has 0 bridgehead atoms. The number of ether oxygens (including phenoxy) is 1. The van der Waals surface area contributed by atoms with Gasteiger partial charge in [0.05, 0.1) is 18.5 Å². The highest BCUT2D eigenvalue weighted by Crippen LogP contribution is 2.33. The highest BCUT2D eigenvalue weighted by atomic mass is 16.5. The molecule has 1 atom stereocenters. The molecule has 98 valence electrons. The number of nitrogens with one attached hydrogen (secondary N) is 1. The molecule has 1 aromatic carbocycles. The van der Waals surface area contributed by atoms with Crippen molar-refractivity contribution in [3.05, 3.63) is 47.9 Å². The molecule has 1 aliphatic rings. The zero-order valence-electron chi connectivity index (χ0n) is 11.0. The second-order valence-corrected chi connectivity index (χ2v) is 4.80. The van der Waals surface area contributed by atoms with Crippen LogP contribution in [0.5, 0.6) is 5.75 Å². The molecular weight excluding hydrogens is 238 g/mol. The summed E-state index contributed by atoms with van der Waals surface area (Å²) in [7, 11) is 0. The van der Waals surface area contributed by atoms with Crippen molar-refractivity contribution in [1.82, 2.24) is 9.97 Å². The minimum Gasteiger partial charge on any atom is -0.493 e. The molecule has 0 fully saturated rings. The van der Waals surface area contributed by atoms with Crippen molar-refractivity contribution in [2.75, 3.05) is 18.5 Å². The highest BCUT2D eigenvalue weighted by molar-refractivity contribution is 5.40.